The normalized spacial score (nSPS) is 36.9. The molecule has 2 fully saturated rings. The van der Waals surface area contributed by atoms with Gasteiger partial charge in [0.1, 0.15) is 0 Å². The Labute approximate surface area is 104 Å². The van der Waals surface area contributed by atoms with Gasteiger partial charge in [-0.05, 0) is 34.1 Å². The number of rotatable bonds is 2. The second-order valence-corrected chi connectivity index (χ2v) is 6.45. The average molecular weight is 242 g/mol. The van der Waals surface area contributed by atoms with Crippen LogP contribution in [0.1, 0.15) is 34.1 Å². The third-order valence-electron chi connectivity index (χ3n) is 3.66. The predicted molar refractivity (Wildman–Crippen MR) is 68.1 cm³/mol. The molecule has 4 heteroatoms. The van der Waals surface area contributed by atoms with Gasteiger partial charge in [0.2, 0.25) is 0 Å². The first-order chi connectivity index (χ1) is 7.85. The van der Waals surface area contributed by atoms with Crippen molar-refractivity contribution in [2.75, 3.05) is 19.6 Å². The Morgan fingerprint density at radius 1 is 1.35 bits per heavy atom. The Morgan fingerprint density at radius 2 is 2.06 bits per heavy atom. The van der Waals surface area contributed by atoms with Gasteiger partial charge in [-0.2, -0.15) is 0 Å². The number of hydrogen-bond donors (Lipinski definition) is 2. The number of hydrogen-bond acceptors (Lipinski definition) is 4. The Balaban J connectivity index is 1.87. The van der Waals surface area contributed by atoms with Crippen LogP contribution in [0.4, 0.5) is 0 Å². The summed E-state index contributed by atoms with van der Waals surface area (Å²) in [4.78, 5) is 2.40. The predicted octanol–water partition coefficient (Wildman–Crippen LogP) is 0.597. The van der Waals surface area contributed by atoms with Crippen molar-refractivity contribution in [1.29, 1.82) is 0 Å². The summed E-state index contributed by atoms with van der Waals surface area (Å²) in [5.41, 5.74) is -0.0948. The highest BCUT2D eigenvalue weighted by molar-refractivity contribution is 4.95. The molecule has 2 saturated heterocycles. The van der Waals surface area contributed by atoms with E-state index in [-0.39, 0.29) is 17.8 Å². The highest BCUT2D eigenvalue weighted by Crippen LogP contribution is 2.23. The molecule has 2 rings (SSSR count). The first-order valence-corrected chi connectivity index (χ1v) is 6.68. The summed E-state index contributed by atoms with van der Waals surface area (Å²) in [6.07, 6.45) is 0.974. The van der Waals surface area contributed by atoms with E-state index in [9.17, 15) is 5.11 Å². The minimum Gasteiger partial charge on any atom is -0.392 e. The molecule has 0 aromatic carbocycles. The molecule has 4 atom stereocenters. The van der Waals surface area contributed by atoms with E-state index < -0.39 is 0 Å². The molecule has 4 nitrogen and oxygen atoms in total. The van der Waals surface area contributed by atoms with E-state index in [4.69, 9.17) is 4.74 Å². The number of aliphatic hydroxyl groups excluding tert-OH is 1. The lowest BCUT2D eigenvalue weighted by Gasteiger charge is -2.40. The molecule has 0 radical (unpaired) electrons. The molecule has 0 aromatic heterocycles. The molecule has 2 aliphatic heterocycles. The van der Waals surface area contributed by atoms with E-state index in [1.54, 1.807) is 0 Å². The molecule has 17 heavy (non-hydrogen) atoms. The third-order valence-corrected chi connectivity index (χ3v) is 3.66. The quantitative estimate of drug-likeness (QED) is 0.744. The maximum Gasteiger partial charge on any atom is 0.0719 e. The Morgan fingerprint density at radius 3 is 2.71 bits per heavy atom. The molecule has 2 aliphatic rings. The Bertz CT molecular complexity index is 265. The Kier molecular flexibility index (Phi) is 3.78. The lowest BCUT2D eigenvalue weighted by Crippen LogP contribution is -2.58. The average Bonchev–Trinajstić information content (AvgIpc) is 2.53. The third kappa shape index (κ3) is 3.41. The highest BCUT2D eigenvalue weighted by Gasteiger charge is 2.37. The summed E-state index contributed by atoms with van der Waals surface area (Å²) in [5, 5.41) is 13.2. The number of ether oxygens (including phenoxy) is 1. The molecular formula is C13H26N2O2. The summed E-state index contributed by atoms with van der Waals surface area (Å²) in [7, 11) is 0. The van der Waals surface area contributed by atoms with Gasteiger partial charge in [0.05, 0.1) is 17.8 Å². The van der Waals surface area contributed by atoms with Crippen molar-refractivity contribution >= 4 is 0 Å². The maximum atomic E-state index is 9.67. The highest BCUT2D eigenvalue weighted by atomic mass is 16.5. The van der Waals surface area contributed by atoms with Gasteiger partial charge in [-0.1, -0.05) is 0 Å². The van der Waals surface area contributed by atoms with Gasteiger partial charge in [-0.25, -0.2) is 0 Å². The monoisotopic (exact) mass is 242 g/mol. The summed E-state index contributed by atoms with van der Waals surface area (Å²) < 4.78 is 6.00. The van der Waals surface area contributed by atoms with E-state index in [0.717, 1.165) is 26.1 Å². The molecule has 0 amide bonds. The van der Waals surface area contributed by atoms with Gasteiger partial charge < -0.3 is 15.2 Å². The molecule has 0 saturated carbocycles. The molecule has 2 N–H and O–H groups in total. The van der Waals surface area contributed by atoms with Gasteiger partial charge in [-0.3, -0.25) is 4.90 Å². The fraction of sp³-hybridized carbons (Fsp3) is 1.00. The summed E-state index contributed by atoms with van der Waals surface area (Å²) >= 11 is 0. The number of nitrogens with zero attached hydrogens (tertiary/aromatic N) is 1. The zero-order valence-corrected chi connectivity index (χ0v) is 11.4. The first-order valence-electron chi connectivity index (χ1n) is 6.68. The molecule has 0 spiro atoms. The van der Waals surface area contributed by atoms with Gasteiger partial charge >= 0.3 is 0 Å². The fourth-order valence-electron chi connectivity index (χ4n) is 2.95. The number of piperazine rings is 1. The van der Waals surface area contributed by atoms with E-state index in [0.29, 0.717) is 12.1 Å². The molecule has 100 valence electrons. The van der Waals surface area contributed by atoms with Crippen LogP contribution >= 0.6 is 0 Å². The Hall–Kier alpha value is -0.160. The largest absolute Gasteiger partial charge is 0.392 e. The summed E-state index contributed by atoms with van der Waals surface area (Å²) in [6.45, 7) is 11.2. The smallest absolute Gasteiger partial charge is 0.0719 e. The van der Waals surface area contributed by atoms with Crippen molar-refractivity contribution in [1.82, 2.24) is 10.2 Å². The minimum absolute atomic E-state index is 0.0948. The molecule has 0 aliphatic carbocycles. The van der Waals surface area contributed by atoms with Crippen LogP contribution in [0.25, 0.3) is 0 Å². The SMILES string of the molecule is CC(OC(C)(C)C)[C@H]1CN2C[C@H](O)CC2CN1. The van der Waals surface area contributed by atoms with Crippen molar-refractivity contribution in [3.8, 4) is 0 Å². The molecule has 2 unspecified atom stereocenters. The van der Waals surface area contributed by atoms with Crippen molar-refractivity contribution in [3.63, 3.8) is 0 Å². The van der Waals surface area contributed by atoms with Gasteiger partial charge in [0, 0.05) is 31.7 Å². The van der Waals surface area contributed by atoms with Crippen LogP contribution in [0.5, 0.6) is 0 Å². The molecule has 0 bridgehead atoms. The minimum atomic E-state index is -0.139. The van der Waals surface area contributed by atoms with E-state index >= 15 is 0 Å². The van der Waals surface area contributed by atoms with Gasteiger partial charge in [0.15, 0.2) is 0 Å². The van der Waals surface area contributed by atoms with Crippen LogP contribution in [-0.2, 0) is 4.74 Å². The van der Waals surface area contributed by atoms with Gasteiger partial charge in [-0.15, -0.1) is 0 Å². The lowest BCUT2D eigenvalue weighted by molar-refractivity contribution is -0.0756. The summed E-state index contributed by atoms with van der Waals surface area (Å²) in [6, 6.07) is 0.888. The lowest BCUT2D eigenvalue weighted by atomic mass is 10.1. The van der Waals surface area contributed by atoms with Gasteiger partial charge in [0.25, 0.3) is 0 Å². The fourth-order valence-corrected chi connectivity index (χ4v) is 2.95. The van der Waals surface area contributed by atoms with Crippen LogP contribution in [0.2, 0.25) is 0 Å². The van der Waals surface area contributed by atoms with Crippen LogP contribution in [-0.4, -0.2) is 59.5 Å². The van der Waals surface area contributed by atoms with Crippen LogP contribution in [0.15, 0.2) is 0 Å². The van der Waals surface area contributed by atoms with Crippen molar-refractivity contribution in [3.05, 3.63) is 0 Å². The second kappa shape index (κ2) is 4.84. The number of aliphatic hydroxyl groups is 1. The molecule has 2 heterocycles. The molecule has 0 aromatic rings. The van der Waals surface area contributed by atoms with E-state index in [1.165, 1.54) is 0 Å². The standard InChI is InChI=1S/C13H26N2O2/c1-9(17-13(2,3)4)12-8-15-7-11(16)5-10(15)6-14-12/h9-12,14,16H,5-8H2,1-4H3/t9?,10?,11-,12-/m1/s1. The second-order valence-electron chi connectivity index (χ2n) is 6.45. The number of nitrogens with one attached hydrogen (secondary N) is 1. The zero-order valence-electron chi connectivity index (χ0n) is 11.4. The number of fused-ring (bicyclic) bond motifs is 1. The van der Waals surface area contributed by atoms with Crippen molar-refractivity contribution < 1.29 is 9.84 Å². The van der Waals surface area contributed by atoms with Crippen LogP contribution in [0.3, 0.4) is 0 Å². The topological polar surface area (TPSA) is 44.7 Å². The molecular weight excluding hydrogens is 216 g/mol. The van der Waals surface area contributed by atoms with Crippen LogP contribution < -0.4 is 5.32 Å². The van der Waals surface area contributed by atoms with Crippen molar-refractivity contribution in [2.24, 2.45) is 0 Å². The van der Waals surface area contributed by atoms with E-state index in [2.05, 4.69) is 37.9 Å². The van der Waals surface area contributed by atoms with E-state index in [1.807, 2.05) is 0 Å². The maximum absolute atomic E-state index is 9.67. The zero-order chi connectivity index (χ0) is 12.6. The summed E-state index contributed by atoms with van der Waals surface area (Å²) in [5.74, 6) is 0. The first kappa shape index (κ1) is 13.3. The van der Waals surface area contributed by atoms with Crippen molar-refractivity contribution in [2.45, 2.75) is 64.0 Å². The van der Waals surface area contributed by atoms with Crippen LogP contribution in [0, 0.1) is 0 Å².